The minimum absolute atomic E-state index is 0.162. The molecule has 2 rings (SSSR count). The van der Waals surface area contributed by atoms with E-state index in [1.165, 1.54) is 0 Å². The van der Waals surface area contributed by atoms with Crippen LogP contribution < -0.4 is 5.32 Å². The van der Waals surface area contributed by atoms with Gasteiger partial charge in [-0.2, -0.15) is 0 Å². The van der Waals surface area contributed by atoms with Gasteiger partial charge in [-0.05, 0) is 19.1 Å². The van der Waals surface area contributed by atoms with Crippen LogP contribution in [0.4, 0.5) is 0 Å². The highest BCUT2D eigenvalue weighted by Crippen LogP contribution is 2.17. The van der Waals surface area contributed by atoms with Crippen molar-refractivity contribution in [2.45, 2.75) is 18.9 Å². The van der Waals surface area contributed by atoms with Crippen LogP contribution in [0.3, 0.4) is 0 Å². The molecule has 1 aliphatic rings. The molecule has 4 nitrogen and oxygen atoms in total. The van der Waals surface area contributed by atoms with Crippen molar-refractivity contribution in [1.29, 1.82) is 0 Å². The number of ether oxygens (including phenoxy) is 1. The minimum Gasteiger partial charge on any atom is -0.386 e. The van der Waals surface area contributed by atoms with Crippen LogP contribution in [0.25, 0.3) is 0 Å². The Morgan fingerprint density at radius 3 is 2.76 bits per heavy atom. The monoisotopic (exact) mass is 235 g/mol. The highest BCUT2D eigenvalue weighted by Gasteiger charge is 2.32. The third kappa shape index (κ3) is 3.05. The van der Waals surface area contributed by atoms with Gasteiger partial charge < -0.3 is 15.2 Å². The SMILES string of the molecule is Cc1ccc(C(=O)NC[C@@]2(O)CCOC2)cc1. The van der Waals surface area contributed by atoms with Crippen LogP contribution in [0.5, 0.6) is 0 Å². The number of benzene rings is 1. The number of amides is 1. The number of carbonyl (C=O) groups excluding carboxylic acids is 1. The second-order valence-electron chi connectivity index (χ2n) is 4.58. The summed E-state index contributed by atoms with van der Waals surface area (Å²) in [6, 6.07) is 7.34. The molecule has 1 aromatic rings. The lowest BCUT2D eigenvalue weighted by Crippen LogP contribution is -2.43. The standard InChI is InChI=1S/C13H17NO3/c1-10-2-4-11(5-3-10)12(15)14-8-13(16)6-7-17-9-13/h2-5,16H,6-9H2,1H3,(H,14,15)/t13-/m0/s1. The molecule has 0 saturated carbocycles. The lowest BCUT2D eigenvalue weighted by molar-refractivity contribution is 0.0264. The Bertz CT molecular complexity index is 394. The van der Waals surface area contributed by atoms with E-state index in [1.54, 1.807) is 12.1 Å². The van der Waals surface area contributed by atoms with Gasteiger partial charge in [-0.1, -0.05) is 17.7 Å². The van der Waals surface area contributed by atoms with Crippen molar-refractivity contribution < 1.29 is 14.6 Å². The average Bonchev–Trinajstić information content (AvgIpc) is 2.75. The fraction of sp³-hybridized carbons (Fsp3) is 0.462. The highest BCUT2D eigenvalue weighted by molar-refractivity contribution is 5.94. The summed E-state index contributed by atoms with van der Waals surface area (Å²) in [6.45, 7) is 3.05. The fourth-order valence-corrected chi connectivity index (χ4v) is 1.79. The Morgan fingerprint density at radius 2 is 2.18 bits per heavy atom. The summed E-state index contributed by atoms with van der Waals surface area (Å²) in [5.41, 5.74) is 0.822. The molecular formula is C13H17NO3. The Hall–Kier alpha value is -1.39. The molecule has 0 radical (unpaired) electrons. The Morgan fingerprint density at radius 1 is 1.47 bits per heavy atom. The molecule has 1 heterocycles. The number of aryl methyl sites for hydroxylation is 1. The first kappa shape index (κ1) is 12.1. The van der Waals surface area contributed by atoms with E-state index in [0.717, 1.165) is 5.56 Å². The Labute approximate surface area is 101 Å². The number of aliphatic hydroxyl groups is 1. The molecule has 1 amide bonds. The normalized spacial score (nSPS) is 23.6. The van der Waals surface area contributed by atoms with Gasteiger partial charge in [-0.15, -0.1) is 0 Å². The van der Waals surface area contributed by atoms with Gasteiger partial charge in [0.2, 0.25) is 0 Å². The van der Waals surface area contributed by atoms with E-state index < -0.39 is 5.60 Å². The summed E-state index contributed by atoms with van der Waals surface area (Å²) in [4.78, 5) is 11.8. The first-order valence-electron chi connectivity index (χ1n) is 5.74. The molecule has 4 heteroatoms. The van der Waals surface area contributed by atoms with Crippen molar-refractivity contribution in [3.05, 3.63) is 35.4 Å². The topological polar surface area (TPSA) is 58.6 Å². The number of carbonyl (C=O) groups is 1. The predicted octanol–water partition coefficient (Wildman–Crippen LogP) is 0.876. The molecule has 0 aromatic heterocycles. The van der Waals surface area contributed by atoms with E-state index in [4.69, 9.17) is 4.74 Å². The van der Waals surface area contributed by atoms with Gasteiger partial charge in [0.15, 0.2) is 0 Å². The molecule has 92 valence electrons. The highest BCUT2D eigenvalue weighted by atomic mass is 16.5. The van der Waals surface area contributed by atoms with Gasteiger partial charge in [0.1, 0.15) is 5.60 Å². The van der Waals surface area contributed by atoms with Gasteiger partial charge >= 0.3 is 0 Å². The van der Waals surface area contributed by atoms with E-state index in [9.17, 15) is 9.90 Å². The zero-order valence-electron chi connectivity index (χ0n) is 9.90. The molecule has 0 unspecified atom stereocenters. The van der Waals surface area contributed by atoms with Crippen LogP contribution in [0.1, 0.15) is 22.3 Å². The average molecular weight is 235 g/mol. The lowest BCUT2D eigenvalue weighted by atomic mass is 10.0. The van der Waals surface area contributed by atoms with Crippen LogP contribution >= 0.6 is 0 Å². The fourth-order valence-electron chi connectivity index (χ4n) is 1.79. The second-order valence-corrected chi connectivity index (χ2v) is 4.58. The number of nitrogens with one attached hydrogen (secondary N) is 1. The summed E-state index contributed by atoms with van der Waals surface area (Å²) in [5, 5.41) is 12.7. The lowest BCUT2D eigenvalue weighted by Gasteiger charge is -2.20. The van der Waals surface area contributed by atoms with E-state index in [0.29, 0.717) is 25.2 Å². The molecule has 1 fully saturated rings. The third-order valence-corrected chi connectivity index (χ3v) is 2.97. The summed E-state index contributed by atoms with van der Waals surface area (Å²) in [5.74, 6) is -0.162. The van der Waals surface area contributed by atoms with E-state index in [-0.39, 0.29) is 12.5 Å². The van der Waals surface area contributed by atoms with Gasteiger partial charge in [-0.25, -0.2) is 0 Å². The van der Waals surface area contributed by atoms with Crippen molar-refractivity contribution in [1.82, 2.24) is 5.32 Å². The van der Waals surface area contributed by atoms with Crippen LogP contribution in [0, 0.1) is 6.92 Å². The Kier molecular flexibility index (Phi) is 3.45. The first-order chi connectivity index (χ1) is 8.09. The minimum atomic E-state index is -0.902. The molecule has 1 saturated heterocycles. The van der Waals surface area contributed by atoms with Crippen molar-refractivity contribution >= 4 is 5.91 Å². The molecule has 1 aliphatic heterocycles. The van der Waals surface area contributed by atoms with Crippen LogP contribution in [0.15, 0.2) is 24.3 Å². The largest absolute Gasteiger partial charge is 0.386 e. The Balaban J connectivity index is 1.91. The number of hydrogen-bond acceptors (Lipinski definition) is 3. The van der Waals surface area contributed by atoms with Gasteiger partial charge in [0, 0.05) is 25.1 Å². The molecule has 0 bridgehead atoms. The number of hydrogen-bond donors (Lipinski definition) is 2. The molecule has 0 spiro atoms. The zero-order valence-corrected chi connectivity index (χ0v) is 9.90. The van der Waals surface area contributed by atoms with Gasteiger partial charge in [0.25, 0.3) is 5.91 Å². The van der Waals surface area contributed by atoms with Crippen molar-refractivity contribution in [3.8, 4) is 0 Å². The predicted molar refractivity (Wildman–Crippen MR) is 63.9 cm³/mol. The second kappa shape index (κ2) is 4.85. The van der Waals surface area contributed by atoms with Crippen molar-refractivity contribution in [2.24, 2.45) is 0 Å². The molecule has 17 heavy (non-hydrogen) atoms. The van der Waals surface area contributed by atoms with Crippen LogP contribution in [0.2, 0.25) is 0 Å². The maximum absolute atomic E-state index is 11.8. The quantitative estimate of drug-likeness (QED) is 0.817. The molecule has 0 aliphatic carbocycles. The van der Waals surface area contributed by atoms with Gasteiger partial charge in [0.05, 0.1) is 6.61 Å². The summed E-state index contributed by atoms with van der Waals surface area (Å²) in [7, 11) is 0. The van der Waals surface area contributed by atoms with E-state index in [1.807, 2.05) is 19.1 Å². The molecule has 1 atom stereocenters. The van der Waals surface area contributed by atoms with Gasteiger partial charge in [-0.3, -0.25) is 4.79 Å². The molecule has 1 aromatic carbocycles. The number of rotatable bonds is 3. The van der Waals surface area contributed by atoms with Crippen LogP contribution in [-0.4, -0.2) is 36.4 Å². The maximum atomic E-state index is 11.8. The maximum Gasteiger partial charge on any atom is 0.251 e. The summed E-state index contributed by atoms with van der Waals surface area (Å²) >= 11 is 0. The zero-order chi connectivity index (χ0) is 12.3. The summed E-state index contributed by atoms with van der Waals surface area (Å²) < 4.78 is 5.11. The first-order valence-corrected chi connectivity index (χ1v) is 5.74. The van der Waals surface area contributed by atoms with E-state index >= 15 is 0 Å². The van der Waals surface area contributed by atoms with E-state index in [2.05, 4.69) is 5.32 Å². The van der Waals surface area contributed by atoms with Crippen LogP contribution in [-0.2, 0) is 4.74 Å². The van der Waals surface area contributed by atoms with Crippen molar-refractivity contribution in [2.75, 3.05) is 19.8 Å². The molecular weight excluding hydrogens is 218 g/mol. The smallest absolute Gasteiger partial charge is 0.251 e. The van der Waals surface area contributed by atoms with Crippen molar-refractivity contribution in [3.63, 3.8) is 0 Å². The summed E-state index contributed by atoms with van der Waals surface area (Å²) in [6.07, 6.45) is 0.571. The molecule has 2 N–H and O–H groups in total. The third-order valence-electron chi connectivity index (χ3n) is 2.97.